The smallest absolute Gasteiger partial charge is 0.200 e. The maximum absolute atomic E-state index is 5.44. The highest BCUT2D eigenvalue weighted by atomic mass is 32.1. The van der Waals surface area contributed by atoms with Gasteiger partial charge in [-0.2, -0.15) is 5.10 Å². The van der Waals surface area contributed by atoms with Crippen LogP contribution >= 0.6 is 23.8 Å². The van der Waals surface area contributed by atoms with Crippen LogP contribution in [0.25, 0.3) is 27.6 Å². The summed E-state index contributed by atoms with van der Waals surface area (Å²) in [5.41, 5.74) is 2.63. The predicted molar refractivity (Wildman–Crippen MR) is 99.6 cm³/mol. The molecule has 0 aliphatic heterocycles. The molecule has 2 aromatic carbocycles. The number of ether oxygens (including phenoxy) is 1. The van der Waals surface area contributed by atoms with Gasteiger partial charge in [0.05, 0.1) is 12.8 Å². The van der Waals surface area contributed by atoms with Gasteiger partial charge >= 0.3 is 0 Å². The second kappa shape index (κ2) is 6.58. The van der Waals surface area contributed by atoms with Crippen molar-refractivity contribution in [3.63, 3.8) is 0 Å². The van der Waals surface area contributed by atoms with Crippen LogP contribution in [0.15, 0.2) is 54.6 Å². The van der Waals surface area contributed by atoms with Crippen LogP contribution in [0.2, 0.25) is 0 Å². The van der Waals surface area contributed by atoms with Crippen molar-refractivity contribution in [1.29, 1.82) is 0 Å². The van der Waals surface area contributed by atoms with Gasteiger partial charge in [0.1, 0.15) is 16.3 Å². The van der Waals surface area contributed by atoms with E-state index in [4.69, 9.17) is 17.0 Å². The Balaban J connectivity index is 1.90. The van der Waals surface area contributed by atoms with Gasteiger partial charge in [0, 0.05) is 11.6 Å². The maximum Gasteiger partial charge on any atom is 0.200 e. The Morgan fingerprint density at radius 2 is 1.96 bits per heavy atom. The summed E-state index contributed by atoms with van der Waals surface area (Å²) in [5, 5.41) is 11.6. The van der Waals surface area contributed by atoms with Crippen molar-refractivity contribution in [3.8, 4) is 33.4 Å². The van der Waals surface area contributed by atoms with Crippen molar-refractivity contribution in [2.75, 3.05) is 7.11 Å². The number of nitrogens with zero attached hydrogens (tertiary/aromatic N) is 4. The van der Waals surface area contributed by atoms with E-state index in [-0.39, 0.29) is 0 Å². The van der Waals surface area contributed by atoms with E-state index in [0.717, 1.165) is 27.6 Å². The Morgan fingerprint density at radius 3 is 2.76 bits per heavy atom. The number of methoxy groups -OCH3 is 1. The Bertz CT molecular complexity index is 1070. The third kappa shape index (κ3) is 2.86. The zero-order valence-electron chi connectivity index (χ0n) is 13.2. The molecule has 4 rings (SSSR count). The fraction of sp³-hybridized carbons (Fsp3) is 0.0588. The van der Waals surface area contributed by atoms with Crippen molar-refractivity contribution >= 4 is 23.8 Å². The molecular formula is C17H13N5OS2. The minimum absolute atomic E-state index is 0.496. The third-order valence-corrected chi connectivity index (χ3v) is 4.72. The predicted octanol–water partition coefficient (Wildman–Crippen LogP) is 4.12. The summed E-state index contributed by atoms with van der Waals surface area (Å²) in [5.74, 6) is 1.42. The Labute approximate surface area is 152 Å². The van der Waals surface area contributed by atoms with Gasteiger partial charge in [-0.1, -0.05) is 40.9 Å². The van der Waals surface area contributed by atoms with E-state index in [1.807, 2.05) is 59.2 Å². The summed E-state index contributed by atoms with van der Waals surface area (Å²) in [4.78, 5) is 0.848. The second-order valence-electron chi connectivity index (χ2n) is 5.21. The summed E-state index contributed by atoms with van der Waals surface area (Å²) in [6, 6.07) is 17.6. The van der Waals surface area contributed by atoms with Crippen molar-refractivity contribution in [2.24, 2.45) is 0 Å². The molecule has 2 heterocycles. The van der Waals surface area contributed by atoms with Crippen LogP contribution in [-0.4, -0.2) is 31.5 Å². The quantitative estimate of drug-likeness (QED) is 0.550. The van der Waals surface area contributed by atoms with Crippen LogP contribution in [0.4, 0.5) is 0 Å². The summed E-state index contributed by atoms with van der Waals surface area (Å²) in [6.07, 6.45) is 0. The first-order valence-corrected chi connectivity index (χ1v) is 8.66. The van der Waals surface area contributed by atoms with E-state index in [0.29, 0.717) is 10.6 Å². The number of benzene rings is 2. The van der Waals surface area contributed by atoms with Crippen molar-refractivity contribution < 1.29 is 4.74 Å². The lowest BCUT2D eigenvalue weighted by Gasteiger charge is -2.08. The number of aromatic nitrogens is 5. The number of nitrogens with one attached hydrogen (secondary N) is 1. The average molecular weight is 367 g/mol. The van der Waals surface area contributed by atoms with Gasteiger partial charge in [0.2, 0.25) is 0 Å². The zero-order chi connectivity index (χ0) is 17.2. The maximum atomic E-state index is 5.44. The summed E-state index contributed by atoms with van der Waals surface area (Å²) in [6.45, 7) is 0. The van der Waals surface area contributed by atoms with E-state index in [1.54, 1.807) is 7.11 Å². The highest BCUT2D eigenvalue weighted by Crippen LogP contribution is 2.33. The van der Waals surface area contributed by atoms with Crippen molar-refractivity contribution in [3.05, 3.63) is 59.4 Å². The van der Waals surface area contributed by atoms with E-state index in [9.17, 15) is 0 Å². The van der Waals surface area contributed by atoms with E-state index in [1.165, 1.54) is 11.5 Å². The normalized spacial score (nSPS) is 10.8. The molecule has 0 aliphatic rings. The zero-order valence-corrected chi connectivity index (χ0v) is 14.8. The van der Waals surface area contributed by atoms with E-state index >= 15 is 0 Å². The van der Waals surface area contributed by atoms with Crippen LogP contribution in [0, 0.1) is 4.77 Å². The standard InChI is InChI=1S/C17H13N5OS2/c1-23-13-9-5-8-12(10-13)22-16(19-20-17(22)24)15-14(18-21-25-15)11-6-3-2-4-7-11/h2-10H,1H3,(H,20,24). The molecule has 0 saturated carbocycles. The fourth-order valence-corrected chi connectivity index (χ4v) is 3.47. The lowest BCUT2D eigenvalue weighted by molar-refractivity contribution is 0.414. The molecule has 8 heteroatoms. The highest BCUT2D eigenvalue weighted by Gasteiger charge is 2.19. The van der Waals surface area contributed by atoms with Crippen LogP contribution in [0.3, 0.4) is 0 Å². The molecule has 0 unspecified atom stereocenters. The molecule has 1 N–H and O–H groups in total. The summed E-state index contributed by atoms with van der Waals surface area (Å²) >= 11 is 6.72. The largest absolute Gasteiger partial charge is 0.497 e. The molecule has 0 fully saturated rings. The molecule has 2 aromatic heterocycles. The lowest BCUT2D eigenvalue weighted by atomic mass is 10.1. The lowest BCUT2D eigenvalue weighted by Crippen LogP contribution is -1.98. The van der Waals surface area contributed by atoms with Gasteiger partial charge < -0.3 is 4.74 Å². The first-order valence-electron chi connectivity index (χ1n) is 7.48. The molecule has 25 heavy (non-hydrogen) atoms. The Morgan fingerprint density at radius 1 is 1.12 bits per heavy atom. The number of rotatable bonds is 4. The number of hydrogen-bond donors (Lipinski definition) is 1. The van der Waals surface area contributed by atoms with Gasteiger partial charge in [0.15, 0.2) is 10.6 Å². The molecule has 0 radical (unpaired) electrons. The molecule has 0 amide bonds. The molecule has 0 aliphatic carbocycles. The van der Waals surface area contributed by atoms with Crippen LogP contribution in [0.1, 0.15) is 0 Å². The molecule has 0 bridgehead atoms. The first kappa shape index (κ1) is 15.7. The fourth-order valence-electron chi connectivity index (χ4n) is 2.56. The van der Waals surface area contributed by atoms with Gasteiger partial charge in [-0.3, -0.25) is 9.67 Å². The van der Waals surface area contributed by atoms with Crippen molar-refractivity contribution in [1.82, 2.24) is 24.4 Å². The first-order chi connectivity index (χ1) is 12.3. The molecule has 124 valence electrons. The highest BCUT2D eigenvalue weighted by molar-refractivity contribution is 7.71. The molecular weight excluding hydrogens is 354 g/mol. The van der Waals surface area contributed by atoms with Crippen LogP contribution < -0.4 is 4.74 Å². The Kier molecular flexibility index (Phi) is 4.12. The number of hydrogen-bond acceptors (Lipinski definition) is 6. The Hall–Kier alpha value is -2.84. The van der Waals surface area contributed by atoms with E-state index < -0.39 is 0 Å². The minimum Gasteiger partial charge on any atom is -0.497 e. The molecule has 4 aromatic rings. The SMILES string of the molecule is COc1cccc(-n2c(-c3snnc3-c3ccccc3)n[nH]c2=S)c1. The van der Waals surface area contributed by atoms with Gasteiger partial charge in [-0.15, -0.1) is 5.10 Å². The van der Waals surface area contributed by atoms with Gasteiger partial charge in [0.25, 0.3) is 0 Å². The summed E-state index contributed by atoms with van der Waals surface area (Å²) < 4.78 is 11.8. The number of H-pyrrole nitrogens is 1. The topological polar surface area (TPSA) is 68.6 Å². The number of aromatic amines is 1. The van der Waals surface area contributed by atoms with E-state index in [2.05, 4.69) is 19.8 Å². The molecule has 0 saturated heterocycles. The monoisotopic (exact) mass is 367 g/mol. The second-order valence-corrected chi connectivity index (χ2v) is 6.35. The molecule has 6 nitrogen and oxygen atoms in total. The molecule has 0 spiro atoms. The molecule has 0 atom stereocenters. The van der Waals surface area contributed by atoms with Crippen LogP contribution in [0.5, 0.6) is 5.75 Å². The van der Waals surface area contributed by atoms with Crippen molar-refractivity contribution in [2.45, 2.75) is 0 Å². The van der Waals surface area contributed by atoms with Gasteiger partial charge in [-0.05, 0) is 35.9 Å². The minimum atomic E-state index is 0.496. The van der Waals surface area contributed by atoms with Gasteiger partial charge in [-0.25, -0.2) is 0 Å². The summed E-state index contributed by atoms with van der Waals surface area (Å²) in [7, 11) is 1.63. The average Bonchev–Trinajstić information content (AvgIpc) is 3.29. The van der Waals surface area contributed by atoms with Crippen LogP contribution in [-0.2, 0) is 0 Å². The third-order valence-electron chi connectivity index (χ3n) is 3.72.